The Balaban J connectivity index is 1.82. The molecule has 92 valence electrons. The summed E-state index contributed by atoms with van der Waals surface area (Å²) in [6.45, 7) is 2.78. The highest BCUT2D eigenvalue weighted by molar-refractivity contribution is 7.10. The zero-order valence-electron chi connectivity index (χ0n) is 10.1. The minimum atomic E-state index is 0.123. The van der Waals surface area contributed by atoms with Crippen molar-refractivity contribution in [2.24, 2.45) is 5.92 Å². The van der Waals surface area contributed by atoms with Crippen LogP contribution < -0.4 is 5.32 Å². The summed E-state index contributed by atoms with van der Waals surface area (Å²) < 4.78 is 0. The van der Waals surface area contributed by atoms with Gasteiger partial charge in [-0.25, -0.2) is 0 Å². The van der Waals surface area contributed by atoms with Gasteiger partial charge in [-0.3, -0.25) is 10.1 Å². The molecule has 1 saturated heterocycles. The van der Waals surface area contributed by atoms with Gasteiger partial charge in [-0.1, -0.05) is 13.0 Å². The zero-order chi connectivity index (χ0) is 11.8. The Morgan fingerprint density at radius 3 is 3.00 bits per heavy atom. The summed E-state index contributed by atoms with van der Waals surface area (Å²) in [5, 5.41) is 5.42. The number of nitrogens with zero attached hydrogens (tertiary/aromatic N) is 1. The molecule has 0 spiro atoms. The summed E-state index contributed by atoms with van der Waals surface area (Å²) in [5.41, 5.74) is 0. The molecule has 4 heteroatoms. The van der Waals surface area contributed by atoms with Crippen LogP contribution in [0.2, 0.25) is 0 Å². The van der Waals surface area contributed by atoms with Gasteiger partial charge in [0, 0.05) is 10.9 Å². The minimum Gasteiger partial charge on any atom is -0.318 e. The third kappa shape index (κ3) is 2.00. The first-order chi connectivity index (χ1) is 8.25. The topological polar surface area (TPSA) is 32.3 Å². The van der Waals surface area contributed by atoms with Crippen molar-refractivity contribution in [1.29, 1.82) is 0 Å². The van der Waals surface area contributed by atoms with Crippen LogP contribution in [-0.2, 0) is 4.79 Å². The molecule has 2 heterocycles. The van der Waals surface area contributed by atoms with E-state index in [1.54, 1.807) is 11.3 Å². The van der Waals surface area contributed by atoms with Crippen molar-refractivity contribution >= 4 is 17.2 Å². The van der Waals surface area contributed by atoms with Gasteiger partial charge in [0.05, 0.1) is 6.54 Å². The molecule has 0 radical (unpaired) electrons. The third-order valence-corrected chi connectivity index (χ3v) is 4.81. The molecule has 1 aliphatic carbocycles. The summed E-state index contributed by atoms with van der Waals surface area (Å²) in [4.78, 5) is 15.4. The Hall–Kier alpha value is -0.870. The van der Waals surface area contributed by atoms with E-state index in [-0.39, 0.29) is 12.1 Å². The van der Waals surface area contributed by atoms with Crippen LogP contribution in [-0.4, -0.2) is 23.4 Å². The van der Waals surface area contributed by atoms with Crippen LogP contribution >= 0.6 is 11.3 Å². The second kappa shape index (κ2) is 4.42. The van der Waals surface area contributed by atoms with E-state index in [0.717, 1.165) is 18.8 Å². The van der Waals surface area contributed by atoms with E-state index < -0.39 is 0 Å². The second-order valence-corrected chi connectivity index (χ2v) is 6.15. The Kier molecular flexibility index (Phi) is 2.92. The second-order valence-electron chi connectivity index (χ2n) is 5.17. The lowest BCUT2D eigenvalue weighted by atomic mass is 10.1. The van der Waals surface area contributed by atoms with Gasteiger partial charge in [-0.05, 0) is 36.6 Å². The van der Waals surface area contributed by atoms with Crippen LogP contribution in [0.15, 0.2) is 17.5 Å². The van der Waals surface area contributed by atoms with Gasteiger partial charge in [0.15, 0.2) is 0 Å². The molecule has 2 fully saturated rings. The monoisotopic (exact) mass is 250 g/mol. The molecule has 1 aliphatic heterocycles. The molecular formula is C13H18N2OS. The summed E-state index contributed by atoms with van der Waals surface area (Å²) in [6, 6.07) is 4.62. The van der Waals surface area contributed by atoms with Crippen molar-refractivity contribution < 1.29 is 4.79 Å². The molecule has 2 aliphatic rings. The largest absolute Gasteiger partial charge is 0.318 e. The molecule has 3 atom stereocenters. The lowest BCUT2D eigenvalue weighted by molar-refractivity contribution is -0.130. The number of amides is 1. The third-order valence-electron chi connectivity index (χ3n) is 3.89. The molecule has 3 unspecified atom stereocenters. The van der Waals surface area contributed by atoms with E-state index >= 15 is 0 Å². The summed E-state index contributed by atoms with van der Waals surface area (Å²) >= 11 is 1.73. The van der Waals surface area contributed by atoms with E-state index in [2.05, 4.69) is 34.7 Å². The highest BCUT2D eigenvalue weighted by Crippen LogP contribution is 2.36. The molecule has 1 saturated carbocycles. The number of hydrogen-bond donors (Lipinski definition) is 1. The number of thiophene rings is 1. The van der Waals surface area contributed by atoms with Crippen LogP contribution in [0.3, 0.4) is 0 Å². The molecule has 1 aromatic rings. The molecular weight excluding hydrogens is 232 g/mol. The van der Waals surface area contributed by atoms with E-state index in [1.807, 2.05) is 0 Å². The normalized spacial score (nSPS) is 33.6. The van der Waals surface area contributed by atoms with E-state index in [1.165, 1.54) is 11.3 Å². The van der Waals surface area contributed by atoms with Gasteiger partial charge in [-0.15, -0.1) is 11.3 Å². The first-order valence-electron chi connectivity index (χ1n) is 6.33. The number of hydrogen-bond acceptors (Lipinski definition) is 3. The highest BCUT2D eigenvalue weighted by atomic mass is 32.1. The fourth-order valence-electron chi connectivity index (χ4n) is 3.05. The van der Waals surface area contributed by atoms with Crippen LogP contribution in [0, 0.1) is 5.92 Å². The Labute approximate surface area is 106 Å². The Morgan fingerprint density at radius 1 is 1.47 bits per heavy atom. The SMILES string of the molecule is CC1CCC(N2C(=O)CNC2c2cccs2)C1. The van der Waals surface area contributed by atoms with Crippen molar-refractivity contribution in [2.45, 2.75) is 38.4 Å². The first kappa shape index (κ1) is 11.2. The smallest absolute Gasteiger partial charge is 0.238 e. The molecule has 1 N–H and O–H groups in total. The highest BCUT2D eigenvalue weighted by Gasteiger charge is 2.39. The lowest BCUT2D eigenvalue weighted by Gasteiger charge is -2.29. The maximum Gasteiger partial charge on any atom is 0.238 e. The predicted molar refractivity (Wildman–Crippen MR) is 68.7 cm³/mol. The quantitative estimate of drug-likeness (QED) is 0.874. The van der Waals surface area contributed by atoms with Crippen LogP contribution in [0.5, 0.6) is 0 Å². The van der Waals surface area contributed by atoms with Crippen LogP contribution in [0.1, 0.15) is 37.2 Å². The standard InChI is InChI=1S/C13H18N2OS/c1-9-4-5-10(7-9)15-12(16)8-14-13(15)11-3-2-6-17-11/h2-3,6,9-10,13-14H,4-5,7-8H2,1H3. The number of carbonyl (C=O) groups is 1. The van der Waals surface area contributed by atoms with Gasteiger partial charge >= 0.3 is 0 Å². The van der Waals surface area contributed by atoms with E-state index in [4.69, 9.17) is 0 Å². The molecule has 0 bridgehead atoms. The average Bonchev–Trinajstić information content (AvgIpc) is 2.97. The van der Waals surface area contributed by atoms with E-state index in [9.17, 15) is 4.79 Å². The van der Waals surface area contributed by atoms with Crippen molar-refractivity contribution in [2.75, 3.05) is 6.54 Å². The van der Waals surface area contributed by atoms with Crippen molar-refractivity contribution in [3.8, 4) is 0 Å². The van der Waals surface area contributed by atoms with Gasteiger partial charge in [0.2, 0.25) is 5.91 Å². The molecule has 1 aromatic heterocycles. The van der Waals surface area contributed by atoms with Crippen molar-refractivity contribution in [3.63, 3.8) is 0 Å². The van der Waals surface area contributed by atoms with Gasteiger partial charge in [-0.2, -0.15) is 0 Å². The minimum absolute atomic E-state index is 0.123. The van der Waals surface area contributed by atoms with Gasteiger partial charge < -0.3 is 4.90 Å². The van der Waals surface area contributed by atoms with Crippen LogP contribution in [0.4, 0.5) is 0 Å². The fraction of sp³-hybridized carbons (Fsp3) is 0.615. The first-order valence-corrected chi connectivity index (χ1v) is 7.21. The predicted octanol–water partition coefficient (Wildman–Crippen LogP) is 2.37. The summed E-state index contributed by atoms with van der Waals surface area (Å²) in [7, 11) is 0. The number of rotatable bonds is 2. The van der Waals surface area contributed by atoms with Gasteiger partial charge in [0.25, 0.3) is 0 Å². The zero-order valence-corrected chi connectivity index (χ0v) is 10.9. The molecule has 1 amide bonds. The Bertz CT molecular complexity index is 404. The number of nitrogens with one attached hydrogen (secondary N) is 1. The van der Waals surface area contributed by atoms with Crippen LogP contribution in [0.25, 0.3) is 0 Å². The Morgan fingerprint density at radius 2 is 2.35 bits per heavy atom. The van der Waals surface area contributed by atoms with Crippen molar-refractivity contribution in [3.05, 3.63) is 22.4 Å². The summed E-state index contributed by atoms with van der Waals surface area (Å²) in [5.74, 6) is 1.03. The maximum atomic E-state index is 12.0. The van der Waals surface area contributed by atoms with Gasteiger partial charge in [0.1, 0.15) is 6.17 Å². The van der Waals surface area contributed by atoms with E-state index in [0.29, 0.717) is 12.6 Å². The molecule has 17 heavy (non-hydrogen) atoms. The molecule has 3 rings (SSSR count). The average molecular weight is 250 g/mol. The fourth-order valence-corrected chi connectivity index (χ4v) is 3.84. The maximum absolute atomic E-state index is 12.0. The summed E-state index contributed by atoms with van der Waals surface area (Å²) in [6.07, 6.45) is 3.70. The number of carbonyl (C=O) groups excluding carboxylic acids is 1. The molecule has 3 nitrogen and oxygen atoms in total. The lowest BCUT2D eigenvalue weighted by Crippen LogP contribution is -2.37. The molecule has 0 aromatic carbocycles. The van der Waals surface area contributed by atoms with Crippen molar-refractivity contribution in [1.82, 2.24) is 10.2 Å².